The van der Waals surface area contributed by atoms with Gasteiger partial charge in [-0.1, -0.05) is 42.5 Å². The van der Waals surface area contributed by atoms with E-state index in [1.165, 1.54) is 30.3 Å². The molecule has 0 aliphatic rings. The molecule has 0 radical (unpaired) electrons. The second kappa shape index (κ2) is 7.48. The highest BCUT2D eigenvalue weighted by Crippen LogP contribution is 2.32. The molecule has 0 spiro atoms. The summed E-state index contributed by atoms with van der Waals surface area (Å²) in [6, 6.07) is 19.6. The van der Waals surface area contributed by atoms with Crippen LogP contribution in [0.3, 0.4) is 0 Å². The zero-order valence-corrected chi connectivity index (χ0v) is 13.7. The van der Waals surface area contributed by atoms with Crippen molar-refractivity contribution in [2.75, 3.05) is 0 Å². The maximum Gasteiger partial charge on any atom is 0.342 e. The van der Waals surface area contributed by atoms with Gasteiger partial charge in [-0.05, 0) is 34.9 Å². The fourth-order valence-corrected chi connectivity index (χ4v) is 2.55. The highest BCUT2D eigenvalue weighted by atomic mass is 16.6. The van der Waals surface area contributed by atoms with Gasteiger partial charge in [-0.25, -0.2) is 4.79 Å². The van der Waals surface area contributed by atoms with Crippen molar-refractivity contribution >= 4 is 11.7 Å². The van der Waals surface area contributed by atoms with Gasteiger partial charge in [0.15, 0.2) is 0 Å². The second-order valence-electron chi connectivity index (χ2n) is 5.57. The molecule has 0 saturated carbocycles. The summed E-state index contributed by atoms with van der Waals surface area (Å²) in [5.74, 6) is -0.876. The highest BCUT2D eigenvalue weighted by molar-refractivity contribution is 6.00. The number of carbonyl (C=O) groups is 1. The molecule has 6 heteroatoms. The fourth-order valence-electron chi connectivity index (χ4n) is 2.55. The summed E-state index contributed by atoms with van der Waals surface area (Å²) in [5, 5.41) is 20.9. The first kappa shape index (κ1) is 17.2. The quantitative estimate of drug-likeness (QED) is 0.421. The van der Waals surface area contributed by atoms with Crippen molar-refractivity contribution in [1.29, 1.82) is 0 Å². The predicted molar refractivity (Wildman–Crippen MR) is 95.8 cm³/mol. The first-order chi connectivity index (χ1) is 12.6. The summed E-state index contributed by atoms with van der Waals surface area (Å²) < 4.78 is 5.31. The molecule has 26 heavy (non-hydrogen) atoms. The van der Waals surface area contributed by atoms with Crippen molar-refractivity contribution in [2.24, 2.45) is 0 Å². The molecule has 0 amide bonds. The van der Waals surface area contributed by atoms with Crippen molar-refractivity contribution in [3.63, 3.8) is 0 Å². The Balaban J connectivity index is 1.89. The summed E-state index contributed by atoms with van der Waals surface area (Å²) >= 11 is 0. The van der Waals surface area contributed by atoms with Crippen LogP contribution in [-0.2, 0) is 11.3 Å². The van der Waals surface area contributed by atoms with E-state index in [4.69, 9.17) is 4.74 Å². The van der Waals surface area contributed by atoms with E-state index in [0.717, 1.165) is 5.56 Å². The third-order valence-corrected chi connectivity index (χ3v) is 3.85. The minimum absolute atomic E-state index is 0.0253. The lowest BCUT2D eigenvalue weighted by Crippen LogP contribution is -2.07. The zero-order chi connectivity index (χ0) is 18.5. The Morgan fingerprint density at radius 2 is 1.65 bits per heavy atom. The number of nitro benzene ring substituents is 1. The number of nitro groups is 1. The monoisotopic (exact) mass is 349 g/mol. The van der Waals surface area contributed by atoms with E-state index >= 15 is 0 Å². The largest absolute Gasteiger partial charge is 0.507 e. The number of benzene rings is 3. The molecule has 0 heterocycles. The number of nitrogens with zero attached hydrogens (tertiary/aromatic N) is 1. The minimum Gasteiger partial charge on any atom is -0.507 e. The number of phenolic OH excluding ortho intramolecular Hbond substituents is 1. The molecule has 3 aromatic rings. The van der Waals surface area contributed by atoms with Gasteiger partial charge in [-0.2, -0.15) is 0 Å². The number of phenols is 1. The van der Waals surface area contributed by atoms with E-state index in [-0.39, 0.29) is 23.6 Å². The Morgan fingerprint density at radius 3 is 2.31 bits per heavy atom. The van der Waals surface area contributed by atoms with Crippen LogP contribution in [0.4, 0.5) is 5.69 Å². The number of hydrogen-bond acceptors (Lipinski definition) is 5. The van der Waals surface area contributed by atoms with E-state index in [9.17, 15) is 20.0 Å². The molecule has 0 atom stereocenters. The number of esters is 1. The van der Waals surface area contributed by atoms with Gasteiger partial charge in [-0.3, -0.25) is 10.1 Å². The molecule has 0 bridgehead atoms. The third kappa shape index (κ3) is 3.70. The van der Waals surface area contributed by atoms with Crippen LogP contribution in [0.5, 0.6) is 5.75 Å². The number of non-ortho nitro benzene ring substituents is 1. The standard InChI is InChI=1S/C20H15NO5/c22-18-8-4-7-17(15-9-11-16(12-10-15)21(24)25)19(18)20(23)26-13-14-5-2-1-3-6-14/h1-12,22H,13H2. The van der Waals surface area contributed by atoms with Gasteiger partial charge >= 0.3 is 5.97 Å². The van der Waals surface area contributed by atoms with E-state index < -0.39 is 10.9 Å². The van der Waals surface area contributed by atoms with Crippen molar-refractivity contribution in [1.82, 2.24) is 0 Å². The lowest BCUT2D eigenvalue weighted by molar-refractivity contribution is -0.384. The number of ether oxygens (including phenoxy) is 1. The lowest BCUT2D eigenvalue weighted by atomic mass is 9.98. The molecule has 3 rings (SSSR count). The van der Waals surface area contributed by atoms with E-state index in [2.05, 4.69) is 0 Å². The maximum absolute atomic E-state index is 12.5. The smallest absolute Gasteiger partial charge is 0.342 e. The van der Waals surface area contributed by atoms with Gasteiger partial charge in [0.2, 0.25) is 0 Å². The molecule has 0 fully saturated rings. The van der Waals surface area contributed by atoms with Crippen LogP contribution in [0.25, 0.3) is 11.1 Å². The topological polar surface area (TPSA) is 89.7 Å². The zero-order valence-electron chi connectivity index (χ0n) is 13.7. The Labute approximate surface area is 149 Å². The van der Waals surface area contributed by atoms with E-state index in [1.54, 1.807) is 12.1 Å². The van der Waals surface area contributed by atoms with E-state index in [0.29, 0.717) is 11.1 Å². The van der Waals surface area contributed by atoms with Crippen molar-refractivity contribution in [3.05, 3.63) is 94.0 Å². The van der Waals surface area contributed by atoms with Crippen LogP contribution in [0.1, 0.15) is 15.9 Å². The third-order valence-electron chi connectivity index (χ3n) is 3.85. The van der Waals surface area contributed by atoms with Gasteiger partial charge in [-0.15, -0.1) is 0 Å². The average molecular weight is 349 g/mol. The minimum atomic E-state index is -0.666. The van der Waals surface area contributed by atoms with E-state index in [1.807, 2.05) is 30.3 Å². The number of hydrogen-bond donors (Lipinski definition) is 1. The molecule has 130 valence electrons. The van der Waals surface area contributed by atoms with Crippen molar-refractivity contribution in [2.45, 2.75) is 6.61 Å². The Kier molecular flexibility index (Phi) is 4.94. The number of aromatic hydroxyl groups is 1. The first-order valence-corrected chi connectivity index (χ1v) is 7.84. The molecular weight excluding hydrogens is 334 g/mol. The maximum atomic E-state index is 12.5. The summed E-state index contributed by atoms with van der Waals surface area (Å²) in [7, 11) is 0. The van der Waals surface area contributed by atoms with Crippen LogP contribution in [0.15, 0.2) is 72.8 Å². The predicted octanol–water partition coefficient (Wildman–Crippen LogP) is 4.32. The Morgan fingerprint density at radius 1 is 0.962 bits per heavy atom. The van der Waals surface area contributed by atoms with Crippen LogP contribution >= 0.6 is 0 Å². The summed E-state index contributed by atoms with van der Waals surface area (Å²) in [4.78, 5) is 22.8. The van der Waals surface area contributed by atoms with Crippen LogP contribution in [-0.4, -0.2) is 16.0 Å². The lowest BCUT2D eigenvalue weighted by Gasteiger charge is -2.11. The number of rotatable bonds is 5. The molecule has 3 aromatic carbocycles. The first-order valence-electron chi connectivity index (χ1n) is 7.84. The van der Waals surface area contributed by atoms with Gasteiger partial charge in [0.25, 0.3) is 5.69 Å². The highest BCUT2D eigenvalue weighted by Gasteiger charge is 2.19. The summed E-state index contributed by atoms with van der Waals surface area (Å²) in [6.07, 6.45) is 0. The van der Waals surface area contributed by atoms with Gasteiger partial charge < -0.3 is 9.84 Å². The van der Waals surface area contributed by atoms with Gasteiger partial charge in [0, 0.05) is 12.1 Å². The second-order valence-corrected chi connectivity index (χ2v) is 5.57. The average Bonchev–Trinajstić information content (AvgIpc) is 2.67. The molecule has 6 nitrogen and oxygen atoms in total. The van der Waals surface area contributed by atoms with Crippen LogP contribution < -0.4 is 0 Å². The molecule has 0 saturated heterocycles. The molecule has 0 aromatic heterocycles. The Hall–Kier alpha value is -3.67. The van der Waals surface area contributed by atoms with Gasteiger partial charge in [0.05, 0.1) is 4.92 Å². The molecule has 0 aliphatic heterocycles. The summed E-state index contributed by atoms with van der Waals surface area (Å²) in [5.41, 5.74) is 1.81. The van der Waals surface area contributed by atoms with Crippen molar-refractivity contribution < 1.29 is 19.6 Å². The molecular formula is C20H15NO5. The normalized spacial score (nSPS) is 10.3. The Bertz CT molecular complexity index is 936. The SMILES string of the molecule is O=C(OCc1ccccc1)c1c(O)cccc1-c1ccc([N+](=O)[O-])cc1. The molecule has 1 N–H and O–H groups in total. The van der Waals surface area contributed by atoms with Gasteiger partial charge in [0.1, 0.15) is 17.9 Å². The van der Waals surface area contributed by atoms with Crippen LogP contribution in [0.2, 0.25) is 0 Å². The number of carbonyl (C=O) groups excluding carboxylic acids is 1. The van der Waals surface area contributed by atoms with Crippen LogP contribution in [0, 0.1) is 10.1 Å². The fraction of sp³-hybridized carbons (Fsp3) is 0.0500. The molecule has 0 unspecified atom stereocenters. The summed E-state index contributed by atoms with van der Waals surface area (Å²) in [6.45, 7) is 0.0771. The van der Waals surface area contributed by atoms with Crippen molar-refractivity contribution in [3.8, 4) is 16.9 Å². The molecule has 0 aliphatic carbocycles.